The lowest BCUT2D eigenvalue weighted by molar-refractivity contribution is 0.0904. The molecule has 0 spiro atoms. The molecule has 1 aromatic rings. The lowest BCUT2D eigenvalue weighted by Crippen LogP contribution is -2.38. The second-order valence-corrected chi connectivity index (χ2v) is 5.36. The minimum Gasteiger partial charge on any atom is -0.388 e. The zero-order valence-electron chi connectivity index (χ0n) is 13.4. The third kappa shape index (κ3) is 6.12. The van der Waals surface area contributed by atoms with E-state index in [4.69, 9.17) is 4.74 Å². The highest BCUT2D eigenvalue weighted by Crippen LogP contribution is 2.19. The van der Waals surface area contributed by atoms with Crippen LogP contribution in [0.1, 0.15) is 44.8 Å². The predicted octanol–water partition coefficient (Wildman–Crippen LogP) is 3.39. The second kappa shape index (κ2) is 9.87. The second-order valence-electron chi connectivity index (χ2n) is 5.36. The topological polar surface area (TPSA) is 32.7 Å². The van der Waals surface area contributed by atoms with E-state index in [9.17, 15) is 9.50 Å². The summed E-state index contributed by atoms with van der Waals surface area (Å²) in [5.41, 5.74) is 0.771. The number of rotatable bonds is 10. The van der Waals surface area contributed by atoms with Crippen molar-refractivity contribution in [1.82, 2.24) is 4.90 Å². The molecule has 1 atom stereocenters. The van der Waals surface area contributed by atoms with Gasteiger partial charge in [-0.15, -0.1) is 0 Å². The van der Waals surface area contributed by atoms with Crippen LogP contribution in [-0.4, -0.2) is 42.9 Å². The number of hydrogen-bond donors (Lipinski definition) is 1. The van der Waals surface area contributed by atoms with Gasteiger partial charge in [-0.2, -0.15) is 0 Å². The van der Waals surface area contributed by atoms with E-state index in [2.05, 4.69) is 18.7 Å². The molecule has 1 N–H and O–H groups in total. The van der Waals surface area contributed by atoms with E-state index in [1.807, 2.05) is 0 Å². The molecule has 0 aliphatic heterocycles. The summed E-state index contributed by atoms with van der Waals surface area (Å²) in [6, 6.07) is 6.60. The number of ether oxygens (including phenoxy) is 1. The highest BCUT2D eigenvalue weighted by atomic mass is 19.1. The Morgan fingerprint density at radius 1 is 1.14 bits per heavy atom. The first-order valence-corrected chi connectivity index (χ1v) is 7.78. The fraction of sp³-hybridized carbons (Fsp3) is 0.647. The fourth-order valence-corrected chi connectivity index (χ4v) is 2.63. The van der Waals surface area contributed by atoms with E-state index in [0.29, 0.717) is 19.1 Å². The first kappa shape index (κ1) is 18.1. The molecule has 4 heteroatoms. The van der Waals surface area contributed by atoms with Crippen LogP contribution in [0.4, 0.5) is 4.39 Å². The van der Waals surface area contributed by atoms with Gasteiger partial charge in [-0.3, -0.25) is 4.90 Å². The van der Waals surface area contributed by atoms with Gasteiger partial charge in [0.05, 0.1) is 12.7 Å². The molecular weight excluding hydrogens is 269 g/mol. The number of hydrogen-bond acceptors (Lipinski definition) is 3. The van der Waals surface area contributed by atoms with Crippen LogP contribution >= 0.6 is 0 Å². The lowest BCUT2D eigenvalue weighted by atomic mass is 10.0. The molecule has 0 heterocycles. The molecule has 0 aliphatic carbocycles. The van der Waals surface area contributed by atoms with E-state index < -0.39 is 6.10 Å². The summed E-state index contributed by atoms with van der Waals surface area (Å²) in [6.07, 6.45) is 2.27. The van der Waals surface area contributed by atoms with Crippen molar-refractivity contribution in [1.29, 1.82) is 0 Å². The van der Waals surface area contributed by atoms with E-state index in [-0.39, 0.29) is 5.82 Å². The van der Waals surface area contributed by atoms with Crippen molar-refractivity contribution in [3.63, 3.8) is 0 Å². The van der Waals surface area contributed by atoms with Gasteiger partial charge in [0.25, 0.3) is 0 Å². The Morgan fingerprint density at radius 2 is 1.76 bits per heavy atom. The fourth-order valence-electron chi connectivity index (χ4n) is 2.63. The Bertz CT molecular complexity index is 379. The van der Waals surface area contributed by atoms with Crippen molar-refractivity contribution in [2.75, 3.05) is 26.8 Å². The van der Waals surface area contributed by atoms with Crippen molar-refractivity contribution in [3.05, 3.63) is 35.6 Å². The van der Waals surface area contributed by atoms with Crippen molar-refractivity contribution in [2.45, 2.75) is 45.3 Å². The van der Waals surface area contributed by atoms with Crippen LogP contribution in [0, 0.1) is 5.82 Å². The molecule has 0 amide bonds. The lowest BCUT2D eigenvalue weighted by Gasteiger charge is -2.31. The van der Waals surface area contributed by atoms with Gasteiger partial charge >= 0.3 is 0 Å². The summed E-state index contributed by atoms with van der Waals surface area (Å²) in [5, 5.41) is 10.2. The van der Waals surface area contributed by atoms with Gasteiger partial charge in [0.2, 0.25) is 0 Å². The maximum Gasteiger partial charge on any atom is 0.123 e. The molecule has 0 fully saturated rings. The highest BCUT2D eigenvalue weighted by molar-refractivity contribution is 5.18. The third-order valence-corrected chi connectivity index (χ3v) is 3.99. The molecule has 1 unspecified atom stereocenters. The van der Waals surface area contributed by atoms with Crippen LogP contribution in [0.2, 0.25) is 0 Å². The number of methoxy groups -OCH3 is 1. The van der Waals surface area contributed by atoms with Crippen molar-refractivity contribution < 1.29 is 14.2 Å². The van der Waals surface area contributed by atoms with Gasteiger partial charge in [0.1, 0.15) is 5.82 Å². The van der Waals surface area contributed by atoms with Crippen LogP contribution in [0.15, 0.2) is 24.3 Å². The van der Waals surface area contributed by atoms with Crippen LogP contribution in [0.5, 0.6) is 0 Å². The van der Waals surface area contributed by atoms with Crippen LogP contribution in [0.25, 0.3) is 0 Å². The monoisotopic (exact) mass is 297 g/mol. The van der Waals surface area contributed by atoms with E-state index >= 15 is 0 Å². The summed E-state index contributed by atoms with van der Waals surface area (Å²) in [7, 11) is 1.71. The third-order valence-electron chi connectivity index (χ3n) is 3.99. The normalized spacial score (nSPS) is 13.1. The highest BCUT2D eigenvalue weighted by Gasteiger charge is 2.17. The zero-order chi connectivity index (χ0) is 15.7. The van der Waals surface area contributed by atoms with E-state index in [1.54, 1.807) is 19.2 Å². The maximum atomic E-state index is 12.9. The van der Waals surface area contributed by atoms with E-state index in [1.165, 1.54) is 12.1 Å². The van der Waals surface area contributed by atoms with Crippen molar-refractivity contribution in [2.24, 2.45) is 0 Å². The van der Waals surface area contributed by atoms with Gasteiger partial charge in [-0.05, 0) is 37.0 Å². The predicted molar refractivity (Wildman–Crippen MR) is 83.8 cm³/mol. The zero-order valence-corrected chi connectivity index (χ0v) is 13.4. The Balaban J connectivity index is 2.56. The molecular formula is C17H28FNO2. The number of aliphatic hydroxyl groups is 1. The number of benzene rings is 1. The minimum atomic E-state index is -0.551. The molecule has 3 nitrogen and oxygen atoms in total. The first-order chi connectivity index (χ1) is 10.1. The number of halogens is 1. The van der Waals surface area contributed by atoms with Crippen LogP contribution in [-0.2, 0) is 4.74 Å². The van der Waals surface area contributed by atoms with Gasteiger partial charge in [-0.25, -0.2) is 4.39 Å². The average Bonchev–Trinajstić information content (AvgIpc) is 2.50. The molecule has 0 saturated carbocycles. The summed E-state index contributed by atoms with van der Waals surface area (Å²) in [6.45, 7) is 6.76. The first-order valence-electron chi connectivity index (χ1n) is 7.78. The standard InChI is InChI=1S/C17H28FNO2/c1-4-16(5-2)19(12-13-21-3)11-10-17(20)14-6-8-15(18)9-7-14/h6-9,16-17,20H,4-5,10-13H2,1-3H3. The smallest absolute Gasteiger partial charge is 0.123 e. The van der Waals surface area contributed by atoms with Crippen molar-refractivity contribution in [3.8, 4) is 0 Å². The minimum absolute atomic E-state index is 0.273. The Labute approximate surface area is 127 Å². The molecule has 0 radical (unpaired) electrons. The summed E-state index contributed by atoms with van der Waals surface area (Å²) in [4.78, 5) is 2.37. The summed E-state index contributed by atoms with van der Waals surface area (Å²) < 4.78 is 18.1. The van der Waals surface area contributed by atoms with Crippen LogP contribution < -0.4 is 0 Å². The molecule has 1 aromatic carbocycles. The van der Waals surface area contributed by atoms with Gasteiger partial charge in [0, 0.05) is 26.2 Å². The summed E-state index contributed by atoms with van der Waals surface area (Å²) >= 11 is 0. The van der Waals surface area contributed by atoms with E-state index in [0.717, 1.165) is 31.5 Å². The number of aliphatic hydroxyl groups excluding tert-OH is 1. The molecule has 0 bridgehead atoms. The Hall–Kier alpha value is -0.970. The molecule has 0 saturated heterocycles. The molecule has 21 heavy (non-hydrogen) atoms. The maximum absolute atomic E-state index is 12.9. The van der Waals surface area contributed by atoms with Gasteiger partial charge in [-0.1, -0.05) is 26.0 Å². The quantitative estimate of drug-likeness (QED) is 0.718. The largest absolute Gasteiger partial charge is 0.388 e. The van der Waals surface area contributed by atoms with Crippen LogP contribution in [0.3, 0.4) is 0 Å². The number of nitrogens with zero attached hydrogens (tertiary/aromatic N) is 1. The van der Waals surface area contributed by atoms with Gasteiger partial charge < -0.3 is 9.84 Å². The molecule has 120 valence electrons. The SMILES string of the molecule is CCC(CC)N(CCOC)CCC(O)c1ccc(F)cc1. The van der Waals surface area contributed by atoms with Crippen molar-refractivity contribution >= 4 is 0 Å². The molecule has 0 aliphatic rings. The molecule has 0 aromatic heterocycles. The summed E-state index contributed by atoms with van der Waals surface area (Å²) in [5.74, 6) is -0.273. The molecule has 1 rings (SSSR count). The Kier molecular flexibility index (Phi) is 8.50. The van der Waals surface area contributed by atoms with Gasteiger partial charge in [0.15, 0.2) is 0 Å². The Morgan fingerprint density at radius 3 is 2.29 bits per heavy atom. The average molecular weight is 297 g/mol.